The molecule has 0 radical (unpaired) electrons. The van der Waals surface area contributed by atoms with Crippen molar-refractivity contribution in [1.82, 2.24) is 14.3 Å². The van der Waals surface area contributed by atoms with Crippen molar-refractivity contribution in [1.29, 1.82) is 0 Å². The van der Waals surface area contributed by atoms with E-state index in [1.807, 2.05) is 25.1 Å². The number of furan rings is 1. The number of nitrogens with zero attached hydrogens (tertiary/aromatic N) is 4. The molecule has 0 spiro atoms. The van der Waals surface area contributed by atoms with Crippen LogP contribution in [0.3, 0.4) is 0 Å². The number of rotatable bonds is 4. The van der Waals surface area contributed by atoms with E-state index >= 15 is 0 Å². The highest BCUT2D eigenvalue weighted by Gasteiger charge is 2.34. The number of aromatic nitrogens is 2. The van der Waals surface area contributed by atoms with Crippen molar-refractivity contribution in [2.45, 2.75) is 26.4 Å². The van der Waals surface area contributed by atoms with E-state index in [4.69, 9.17) is 21.6 Å². The summed E-state index contributed by atoms with van der Waals surface area (Å²) >= 11 is 6.68. The van der Waals surface area contributed by atoms with Gasteiger partial charge in [0.25, 0.3) is 11.5 Å². The van der Waals surface area contributed by atoms with E-state index in [2.05, 4.69) is 23.1 Å². The molecule has 5 heterocycles. The van der Waals surface area contributed by atoms with E-state index < -0.39 is 0 Å². The predicted molar refractivity (Wildman–Crippen MR) is 145 cm³/mol. The number of fused-ring (bicyclic) bond motifs is 2. The second kappa shape index (κ2) is 9.07. The Hall–Kier alpha value is -3.69. The van der Waals surface area contributed by atoms with Crippen LogP contribution in [0.25, 0.3) is 11.7 Å². The van der Waals surface area contributed by atoms with Crippen molar-refractivity contribution >= 4 is 51.7 Å². The van der Waals surface area contributed by atoms with E-state index in [0.29, 0.717) is 38.6 Å². The van der Waals surface area contributed by atoms with E-state index in [1.165, 1.54) is 27.8 Å². The Kier molecular flexibility index (Phi) is 5.73. The van der Waals surface area contributed by atoms with Gasteiger partial charge in [-0.1, -0.05) is 54.3 Å². The Morgan fingerprint density at radius 3 is 2.75 bits per heavy atom. The van der Waals surface area contributed by atoms with Gasteiger partial charge in [-0.25, -0.2) is 4.98 Å². The molecule has 3 aromatic heterocycles. The number of carbonyl (C=O) groups is 1. The number of hydrogen-bond donors (Lipinski definition) is 0. The number of pyridine rings is 1. The summed E-state index contributed by atoms with van der Waals surface area (Å²) in [5.41, 5.74) is 4.21. The van der Waals surface area contributed by atoms with Crippen molar-refractivity contribution in [3.05, 3.63) is 104 Å². The molecule has 2 aliphatic heterocycles. The molecule has 1 aromatic carbocycles. The topological polar surface area (TPSA) is 71.1 Å². The van der Waals surface area contributed by atoms with Gasteiger partial charge in [0.15, 0.2) is 0 Å². The van der Waals surface area contributed by atoms with Crippen LogP contribution < -0.4 is 10.5 Å². The van der Waals surface area contributed by atoms with Crippen LogP contribution in [0.4, 0.5) is 5.82 Å². The third kappa shape index (κ3) is 3.94. The summed E-state index contributed by atoms with van der Waals surface area (Å²) in [4.78, 5) is 36.1. The summed E-state index contributed by atoms with van der Waals surface area (Å²) in [6.45, 7) is 3.56. The first-order chi connectivity index (χ1) is 17.5. The van der Waals surface area contributed by atoms with Gasteiger partial charge in [0.2, 0.25) is 0 Å². The molecule has 0 atom stereocenters. The minimum absolute atomic E-state index is 0.214. The smallest absolute Gasteiger partial charge is 0.267 e. The van der Waals surface area contributed by atoms with Crippen LogP contribution in [0.2, 0.25) is 0 Å². The van der Waals surface area contributed by atoms with Gasteiger partial charge >= 0.3 is 0 Å². The molecule has 0 saturated carbocycles. The van der Waals surface area contributed by atoms with Crippen molar-refractivity contribution in [3.63, 3.8) is 0 Å². The van der Waals surface area contributed by atoms with Crippen molar-refractivity contribution in [2.24, 2.45) is 0 Å². The zero-order valence-electron chi connectivity index (χ0n) is 19.5. The number of benzene rings is 1. The molecular weight excluding hydrogens is 492 g/mol. The molecule has 0 bridgehead atoms. The van der Waals surface area contributed by atoms with Gasteiger partial charge in [0, 0.05) is 19.3 Å². The molecule has 9 heteroatoms. The second-order valence-electron chi connectivity index (χ2n) is 8.83. The predicted octanol–water partition coefficient (Wildman–Crippen LogP) is 4.56. The maximum absolute atomic E-state index is 13.8. The average molecular weight is 515 g/mol. The summed E-state index contributed by atoms with van der Waals surface area (Å²) in [7, 11) is 0. The Balaban J connectivity index is 1.46. The molecular formula is C27H22N4O3S2. The largest absolute Gasteiger partial charge is 0.467 e. The molecule has 1 fully saturated rings. The normalized spacial score (nSPS) is 16.9. The first-order valence-corrected chi connectivity index (χ1v) is 12.8. The lowest BCUT2D eigenvalue weighted by molar-refractivity contribution is -0.122. The first kappa shape index (κ1) is 22.8. The number of thioether (sulfide) groups is 1. The summed E-state index contributed by atoms with van der Waals surface area (Å²) in [5, 5.41) is 0. The van der Waals surface area contributed by atoms with Crippen LogP contribution in [0.1, 0.15) is 28.0 Å². The standard InChI is InChI=1S/C27H22N4O3S2/c1-17-6-4-11-30-23(17)28-24(29-12-10-18-7-2-3-8-19(18)15-29)21(25(30)32)14-22-26(33)31(27(35)36-22)16-20-9-5-13-34-20/h2-9,11,13-14H,10,12,15-16H2,1H3/b22-14-. The molecule has 6 rings (SSSR count). The summed E-state index contributed by atoms with van der Waals surface area (Å²) < 4.78 is 7.38. The SMILES string of the molecule is Cc1cccn2c(=O)c(/C=C3\SC(=S)N(Cc4ccco4)C3=O)c(N3CCc4ccccc4C3)nc12. The van der Waals surface area contributed by atoms with Crippen LogP contribution in [-0.4, -0.2) is 31.1 Å². The fourth-order valence-electron chi connectivity index (χ4n) is 4.67. The molecule has 0 N–H and O–H groups in total. The first-order valence-electron chi connectivity index (χ1n) is 11.6. The second-order valence-corrected chi connectivity index (χ2v) is 10.5. The van der Waals surface area contributed by atoms with E-state index in [1.54, 1.807) is 35.1 Å². The number of hydrogen-bond acceptors (Lipinski definition) is 7. The molecule has 1 saturated heterocycles. The van der Waals surface area contributed by atoms with Crippen molar-refractivity contribution in [2.75, 3.05) is 11.4 Å². The molecule has 0 unspecified atom stereocenters. The third-order valence-corrected chi connectivity index (χ3v) is 7.92. The Bertz CT molecular complexity index is 1610. The maximum Gasteiger partial charge on any atom is 0.267 e. The highest BCUT2D eigenvalue weighted by atomic mass is 32.2. The Morgan fingerprint density at radius 1 is 1.11 bits per heavy atom. The lowest BCUT2D eigenvalue weighted by Crippen LogP contribution is -2.34. The van der Waals surface area contributed by atoms with Gasteiger partial charge in [-0.3, -0.25) is 18.9 Å². The van der Waals surface area contributed by atoms with E-state index in [-0.39, 0.29) is 18.0 Å². The number of amides is 1. The average Bonchev–Trinajstić information content (AvgIpc) is 3.50. The number of carbonyl (C=O) groups excluding carboxylic acids is 1. The minimum Gasteiger partial charge on any atom is -0.467 e. The lowest BCUT2D eigenvalue weighted by Gasteiger charge is -2.31. The third-order valence-electron chi connectivity index (χ3n) is 6.54. The fourth-order valence-corrected chi connectivity index (χ4v) is 5.91. The van der Waals surface area contributed by atoms with Crippen LogP contribution in [0, 0.1) is 6.92 Å². The Labute approximate surface area is 217 Å². The number of anilines is 1. The van der Waals surface area contributed by atoms with Crippen LogP contribution >= 0.6 is 24.0 Å². The molecule has 7 nitrogen and oxygen atoms in total. The number of thiocarbonyl (C=S) groups is 1. The monoisotopic (exact) mass is 514 g/mol. The molecule has 1 amide bonds. The fraction of sp³-hybridized carbons (Fsp3) is 0.185. The van der Waals surface area contributed by atoms with E-state index in [0.717, 1.165) is 18.5 Å². The molecule has 2 aliphatic rings. The Morgan fingerprint density at radius 2 is 1.94 bits per heavy atom. The summed E-state index contributed by atoms with van der Waals surface area (Å²) in [6.07, 6.45) is 5.79. The number of aryl methyl sites for hydroxylation is 1. The maximum atomic E-state index is 13.8. The molecule has 4 aromatic rings. The molecule has 36 heavy (non-hydrogen) atoms. The van der Waals surface area contributed by atoms with Crippen molar-refractivity contribution in [3.8, 4) is 0 Å². The molecule has 180 valence electrons. The molecule has 0 aliphatic carbocycles. The van der Waals surface area contributed by atoms with Crippen LogP contribution in [0.15, 0.2) is 75.1 Å². The lowest BCUT2D eigenvalue weighted by atomic mass is 9.99. The van der Waals surface area contributed by atoms with Gasteiger partial charge < -0.3 is 9.32 Å². The van der Waals surface area contributed by atoms with Gasteiger partial charge in [-0.2, -0.15) is 0 Å². The summed E-state index contributed by atoms with van der Waals surface area (Å²) in [6, 6.07) is 15.7. The zero-order valence-corrected chi connectivity index (χ0v) is 21.1. The van der Waals surface area contributed by atoms with Crippen LogP contribution in [0.5, 0.6) is 0 Å². The van der Waals surface area contributed by atoms with Gasteiger partial charge in [0.05, 0.1) is 23.3 Å². The van der Waals surface area contributed by atoms with Crippen LogP contribution in [-0.2, 0) is 24.3 Å². The highest BCUT2D eigenvalue weighted by Crippen LogP contribution is 2.35. The van der Waals surface area contributed by atoms with Gasteiger partial charge in [-0.05, 0) is 54.3 Å². The highest BCUT2D eigenvalue weighted by molar-refractivity contribution is 8.26. The minimum atomic E-state index is -0.245. The van der Waals surface area contributed by atoms with Gasteiger partial charge in [0.1, 0.15) is 21.5 Å². The summed E-state index contributed by atoms with van der Waals surface area (Å²) in [5.74, 6) is 0.980. The van der Waals surface area contributed by atoms with Gasteiger partial charge in [-0.15, -0.1) is 0 Å². The zero-order chi connectivity index (χ0) is 24.8. The quantitative estimate of drug-likeness (QED) is 0.292. The van der Waals surface area contributed by atoms with E-state index in [9.17, 15) is 9.59 Å². The van der Waals surface area contributed by atoms with Crippen molar-refractivity contribution < 1.29 is 9.21 Å².